The number of hydrogen-bond acceptors (Lipinski definition) is 3. The molecule has 0 saturated carbocycles. The van der Waals surface area contributed by atoms with Crippen LogP contribution in [0, 0.1) is 0 Å². The van der Waals surface area contributed by atoms with E-state index in [0.717, 1.165) is 11.1 Å². The van der Waals surface area contributed by atoms with E-state index in [0.29, 0.717) is 19.6 Å². The van der Waals surface area contributed by atoms with Gasteiger partial charge in [0.2, 0.25) is 0 Å². The van der Waals surface area contributed by atoms with Crippen LogP contribution in [-0.2, 0) is 21.5 Å². The minimum absolute atomic E-state index is 0.148. The predicted octanol–water partition coefficient (Wildman–Crippen LogP) is 4.25. The Morgan fingerprint density at radius 3 is 2.26 bits per heavy atom. The molecule has 2 rings (SSSR count). The van der Waals surface area contributed by atoms with E-state index in [1.54, 1.807) is 0 Å². The molecule has 2 aromatic rings. The number of carboxylic acid groups (broad SMARTS) is 1. The highest BCUT2D eigenvalue weighted by molar-refractivity contribution is 5.56. The summed E-state index contributed by atoms with van der Waals surface area (Å²) in [6.07, 6.45) is -0.677. The van der Waals surface area contributed by atoms with E-state index in [1.165, 1.54) is 0 Å². The van der Waals surface area contributed by atoms with Crippen LogP contribution < -0.4 is 0 Å². The highest BCUT2D eigenvalue weighted by Crippen LogP contribution is 2.28. The van der Waals surface area contributed by atoms with Crippen LogP contribution in [0.15, 0.2) is 60.7 Å². The lowest BCUT2D eigenvalue weighted by atomic mass is 9.80. The second-order valence-corrected chi connectivity index (χ2v) is 5.77. The standard InChI is InChI=1S/C19H22O4/c1-19(12-13-23-18(20)21,17-10-6-3-7-11-17)15-22-14-16-8-4-2-5-9-16/h2-11H,12-15H2,1H3,(H,20,21). The lowest BCUT2D eigenvalue weighted by Crippen LogP contribution is -2.30. The average Bonchev–Trinajstić information content (AvgIpc) is 2.56. The van der Waals surface area contributed by atoms with E-state index in [4.69, 9.17) is 9.84 Å². The molecule has 0 bridgehead atoms. The number of ether oxygens (including phenoxy) is 2. The van der Waals surface area contributed by atoms with Crippen LogP contribution in [-0.4, -0.2) is 24.5 Å². The van der Waals surface area contributed by atoms with Crippen LogP contribution in [0.5, 0.6) is 0 Å². The maximum atomic E-state index is 10.6. The van der Waals surface area contributed by atoms with Crippen molar-refractivity contribution in [3.05, 3.63) is 71.8 Å². The molecule has 23 heavy (non-hydrogen) atoms. The minimum atomic E-state index is -1.24. The van der Waals surface area contributed by atoms with Crippen molar-refractivity contribution in [1.29, 1.82) is 0 Å². The predicted molar refractivity (Wildman–Crippen MR) is 88.5 cm³/mol. The molecule has 1 atom stereocenters. The van der Waals surface area contributed by atoms with Crippen molar-refractivity contribution in [2.45, 2.75) is 25.4 Å². The molecule has 0 heterocycles. The zero-order valence-electron chi connectivity index (χ0n) is 13.3. The van der Waals surface area contributed by atoms with Gasteiger partial charge in [0.25, 0.3) is 0 Å². The Bertz CT molecular complexity index is 597. The highest BCUT2D eigenvalue weighted by Gasteiger charge is 2.27. The maximum Gasteiger partial charge on any atom is 0.505 e. The molecule has 1 N–H and O–H groups in total. The molecular formula is C19H22O4. The van der Waals surface area contributed by atoms with Crippen LogP contribution in [0.3, 0.4) is 0 Å². The molecule has 1 unspecified atom stereocenters. The van der Waals surface area contributed by atoms with Crippen molar-refractivity contribution in [1.82, 2.24) is 0 Å². The van der Waals surface area contributed by atoms with Crippen molar-refractivity contribution in [2.75, 3.05) is 13.2 Å². The molecule has 0 aromatic heterocycles. The van der Waals surface area contributed by atoms with Crippen molar-refractivity contribution in [3.8, 4) is 0 Å². The summed E-state index contributed by atoms with van der Waals surface area (Å²) in [5.41, 5.74) is 1.93. The minimum Gasteiger partial charge on any atom is -0.450 e. The van der Waals surface area contributed by atoms with E-state index in [2.05, 4.69) is 11.7 Å². The van der Waals surface area contributed by atoms with Crippen molar-refractivity contribution >= 4 is 6.16 Å². The summed E-state index contributed by atoms with van der Waals surface area (Å²) >= 11 is 0. The Labute approximate surface area is 136 Å². The Morgan fingerprint density at radius 2 is 1.65 bits per heavy atom. The van der Waals surface area contributed by atoms with Gasteiger partial charge in [-0.05, 0) is 17.5 Å². The fourth-order valence-electron chi connectivity index (χ4n) is 2.47. The number of hydrogen-bond donors (Lipinski definition) is 1. The molecule has 0 fully saturated rings. The zero-order valence-corrected chi connectivity index (χ0v) is 13.3. The second-order valence-electron chi connectivity index (χ2n) is 5.77. The van der Waals surface area contributed by atoms with Crippen LogP contribution in [0.2, 0.25) is 0 Å². The van der Waals surface area contributed by atoms with Gasteiger partial charge in [0.05, 0.1) is 19.8 Å². The normalized spacial score (nSPS) is 13.3. The Morgan fingerprint density at radius 1 is 1.04 bits per heavy atom. The van der Waals surface area contributed by atoms with Gasteiger partial charge in [0.15, 0.2) is 0 Å². The van der Waals surface area contributed by atoms with Gasteiger partial charge in [-0.1, -0.05) is 67.6 Å². The molecule has 0 spiro atoms. The molecule has 0 aliphatic carbocycles. The Balaban J connectivity index is 1.99. The lowest BCUT2D eigenvalue weighted by Gasteiger charge is -2.29. The first kappa shape index (κ1) is 17.0. The first-order valence-electron chi connectivity index (χ1n) is 7.63. The third-order valence-corrected chi connectivity index (χ3v) is 3.88. The molecule has 0 radical (unpaired) electrons. The molecule has 4 nitrogen and oxygen atoms in total. The number of carbonyl (C=O) groups is 1. The zero-order chi connectivity index (χ0) is 16.5. The fourth-order valence-corrected chi connectivity index (χ4v) is 2.47. The Hall–Kier alpha value is -2.33. The van der Waals surface area contributed by atoms with Gasteiger partial charge in [-0.3, -0.25) is 0 Å². The van der Waals surface area contributed by atoms with Gasteiger partial charge in [0, 0.05) is 5.41 Å². The molecule has 0 aliphatic heterocycles. The monoisotopic (exact) mass is 314 g/mol. The van der Waals surface area contributed by atoms with Gasteiger partial charge in [-0.15, -0.1) is 0 Å². The molecule has 0 aliphatic rings. The average molecular weight is 314 g/mol. The van der Waals surface area contributed by atoms with Crippen molar-refractivity contribution < 1.29 is 19.4 Å². The fraction of sp³-hybridized carbons (Fsp3) is 0.316. The van der Waals surface area contributed by atoms with Gasteiger partial charge in [-0.2, -0.15) is 0 Å². The van der Waals surface area contributed by atoms with E-state index < -0.39 is 6.16 Å². The van der Waals surface area contributed by atoms with Gasteiger partial charge < -0.3 is 14.6 Å². The van der Waals surface area contributed by atoms with Gasteiger partial charge >= 0.3 is 6.16 Å². The van der Waals surface area contributed by atoms with E-state index in [9.17, 15) is 4.79 Å². The number of rotatable bonds is 8. The van der Waals surface area contributed by atoms with E-state index in [-0.39, 0.29) is 12.0 Å². The van der Waals surface area contributed by atoms with Gasteiger partial charge in [0.1, 0.15) is 0 Å². The van der Waals surface area contributed by atoms with Crippen LogP contribution in [0.1, 0.15) is 24.5 Å². The molecule has 122 valence electrons. The summed E-state index contributed by atoms with van der Waals surface area (Å²) in [6.45, 7) is 3.24. The molecular weight excluding hydrogens is 292 g/mol. The van der Waals surface area contributed by atoms with E-state index >= 15 is 0 Å². The SMILES string of the molecule is CC(CCOC(=O)O)(COCc1ccccc1)c1ccccc1. The van der Waals surface area contributed by atoms with Crippen LogP contribution in [0.4, 0.5) is 4.79 Å². The summed E-state index contributed by atoms with van der Waals surface area (Å²) in [4.78, 5) is 10.6. The first-order valence-corrected chi connectivity index (χ1v) is 7.63. The number of benzene rings is 2. The van der Waals surface area contributed by atoms with Crippen LogP contribution >= 0.6 is 0 Å². The third kappa shape index (κ3) is 5.42. The molecule has 4 heteroatoms. The highest BCUT2D eigenvalue weighted by atomic mass is 16.7. The third-order valence-electron chi connectivity index (χ3n) is 3.88. The lowest BCUT2D eigenvalue weighted by molar-refractivity contribution is 0.0509. The van der Waals surface area contributed by atoms with Crippen molar-refractivity contribution in [3.63, 3.8) is 0 Å². The molecule has 0 amide bonds. The van der Waals surface area contributed by atoms with Crippen molar-refractivity contribution in [2.24, 2.45) is 0 Å². The van der Waals surface area contributed by atoms with Gasteiger partial charge in [-0.25, -0.2) is 4.79 Å². The topological polar surface area (TPSA) is 55.8 Å². The summed E-state index contributed by atoms with van der Waals surface area (Å²) in [6, 6.07) is 20.0. The maximum absolute atomic E-state index is 10.6. The smallest absolute Gasteiger partial charge is 0.450 e. The molecule has 2 aromatic carbocycles. The largest absolute Gasteiger partial charge is 0.505 e. The van der Waals surface area contributed by atoms with Crippen LogP contribution in [0.25, 0.3) is 0 Å². The second kappa shape index (κ2) is 8.34. The molecule has 0 saturated heterocycles. The van der Waals surface area contributed by atoms with E-state index in [1.807, 2.05) is 60.7 Å². The summed E-state index contributed by atoms with van der Waals surface area (Å²) in [5.74, 6) is 0. The summed E-state index contributed by atoms with van der Waals surface area (Å²) in [5, 5.41) is 8.65. The first-order chi connectivity index (χ1) is 11.1. The quantitative estimate of drug-likeness (QED) is 0.740. The Kier molecular flexibility index (Phi) is 6.18. The summed E-state index contributed by atoms with van der Waals surface area (Å²) in [7, 11) is 0. The summed E-state index contributed by atoms with van der Waals surface area (Å²) < 4.78 is 10.6.